The van der Waals surface area contributed by atoms with E-state index in [1.165, 1.54) is 12.7 Å². The molecule has 3 rings (SSSR count). The molecule has 2 heterocycles. The van der Waals surface area contributed by atoms with Gasteiger partial charge in [-0.2, -0.15) is 0 Å². The highest BCUT2D eigenvalue weighted by Gasteiger charge is 2.21. The van der Waals surface area contributed by atoms with Crippen LogP contribution in [-0.2, 0) is 0 Å². The van der Waals surface area contributed by atoms with Gasteiger partial charge in [0.15, 0.2) is 5.75 Å². The highest BCUT2D eigenvalue weighted by molar-refractivity contribution is 6.28. The maximum atomic E-state index is 5.87. The number of nitrogens with zero attached hydrogens (tertiary/aromatic N) is 4. The van der Waals surface area contributed by atoms with E-state index >= 15 is 0 Å². The molecule has 0 amide bonds. The Hall–Kier alpha value is -1.36. The van der Waals surface area contributed by atoms with Gasteiger partial charge in [0.05, 0.1) is 12.3 Å². The summed E-state index contributed by atoms with van der Waals surface area (Å²) in [6, 6.07) is 0. The Morgan fingerprint density at radius 1 is 1.47 bits per heavy atom. The van der Waals surface area contributed by atoms with Gasteiger partial charge in [-0.15, -0.1) is 10.2 Å². The third kappa shape index (κ3) is 1.43. The minimum atomic E-state index is 0.300. The number of ether oxygens (including phenoxy) is 1. The quantitative estimate of drug-likeness (QED) is 0.729. The van der Waals surface area contributed by atoms with Gasteiger partial charge < -0.3 is 4.74 Å². The number of aromatic nitrogens is 4. The fourth-order valence-corrected chi connectivity index (χ4v) is 1.69. The van der Waals surface area contributed by atoms with Crippen LogP contribution >= 0.6 is 11.6 Å². The summed E-state index contributed by atoms with van der Waals surface area (Å²) in [4.78, 5) is 4.01. The SMILES string of the molecule is Clc1ncc(OC2CCC2)c2nncn12. The Bertz CT molecular complexity index is 494. The fourth-order valence-electron chi connectivity index (χ4n) is 1.52. The molecule has 0 aromatic carbocycles. The van der Waals surface area contributed by atoms with E-state index in [0.29, 0.717) is 22.8 Å². The molecular formula is C9H9ClN4O. The summed E-state index contributed by atoms with van der Waals surface area (Å²) in [5.74, 6) is 0.654. The van der Waals surface area contributed by atoms with Crippen LogP contribution in [0.5, 0.6) is 5.75 Å². The maximum absolute atomic E-state index is 5.87. The Labute approximate surface area is 91.0 Å². The smallest absolute Gasteiger partial charge is 0.210 e. The molecule has 0 radical (unpaired) electrons. The Morgan fingerprint density at radius 2 is 2.33 bits per heavy atom. The molecule has 2 aromatic heterocycles. The van der Waals surface area contributed by atoms with E-state index in [0.717, 1.165) is 12.8 Å². The van der Waals surface area contributed by atoms with Crippen molar-refractivity contribution in [1.82, 2.24) is 19.6 Å². The number of hydrogen-bond donors (Lipinski definition) is 0. The first-order valence-electron chi connectivity index (χ1n) is 4.85. The Kier molecular flexibility index (Phi) is 1.98. The molecule has 78 valence electrons. The van der Waals surface area contributed by atoms with Gasteiger partial charge in [0, 0.05) is 0 Å². The van der Waals surface area contributed by atoms with E-state index in [1.54, 1.807) is 10.6 Å². The molecule has 15 heavy (non-hydrogen) atoms. The van der Waals surface area contributed by atoms with Crippen LogP contribution in [0.15, 0.2) is 12.5 Å². The van der Waals surface area contributed by atoms with E-state index in [4.69, 9.17) is 16.3 Å². The second kappa shape index (κ2) is 3.34. The number of hydrogen-bond acceptors (Lipinski definition) is 4. The molecule has 0 aliphatic heterocycles. The summed E-state index contributed by atoms with van der Waals surface area (Å²) in [6.45, 7) is 0. The van der Waals surface area contributed by atoms with E-state index in [9.17, 15) is 0 Å². The minimum absolute atomic E-state index is 0.300. The molecule has 0 saturated heterocycles. The topological polar surface area (TPSA) is 52.3 Å². The van der Waals surface area contributed by atoms with Gasteiger partial charge in [0.2, 0.25) is 10.9 Å². The largest absolute Gasteiger partial charge is 0.485 e. The van der Waals surface area contributed by atoms with Crippen molar-refractivity contribution in [2.45, 2.75) is 25.4 Å². The number of halogens is 1. The lowest BCUT2D eigenvalue weighted by atomic mass is 9.96. The predicted molar refractivity (Wildman–Crippen MR) is 54.1 cm³/mol. The molecule has 1 fully saturated rings. The summed E-state index contributed by atoms with van der Waals surface area (Å²) >= 11 is 5.87. The lowest BCUT2D eigenvalue weighted by molar-refractivity contribution is 0.121. The van der Waals surface area contributed by atoms with Crippen molar-refractivity contribution >= 4 is 17.2 Å². The van der Waals surface area contributed by atoms with E-state index in [1.807, 2.05) is 0 Å². The van der Waals surface area contributed by atoms with Crippen molar-refractivity contribution in [3.63, 3.8) is 0 Å². The van der Waals surface area contributed by atoms with Crippen LogP contribution in [0, 0.1) is 0 Å². The zero-order chi connectivity index (χ0) is 10.3. The van der Waals surface area contributed by atoms with E-state index in [-0.39, 0.29) is 0 Å². The molecule has 2 aromatic rings. The second-order valence-corrected chi connectivity index (χ2v) is 3.92. The summed E-state index contributed by atoms with van der Waals surface area (Å²) in [6.07, 6.45) is 6.86. The van der Waals surface area contributed by atoms with Crippen LogP contribution in [0.4, 0.5) is 0 Å². The van der Waals surface area contributed by atoms with E-state index in [2.05, 4.69) is 15.2 Å². The van der Waals surface area contributed by atoms with Gasteiger partial charge in [0.1, 0.15) is 6.33 Å². The fraction of sp³-hybridized carbons (Fsp3) is 0.444. The average Bonchev–Trinajstić information content (AvgIpc) is 2.63. The van der Waals surface area contributed by atoms with Gasteiger partial charge in [-0.25, -0.2) is 4.98 Å². The zero-order valence-electron chi connectivity index (χ0n) is 7.93. The van der Waals surface area contributed by atoms with E-state index < -0.39 is 0 Å². The third-order valence-corrected chi connectivity index (χ3v) is 2.88. The van der Waals surface area contributed by atoms with Crippen LogP contribution in [-0.4, -0.2) is 25.7 Å². The highest BCUT2D eigenvalue weighted by Crippen LogP contribution is 2.27. The van der Waals surface area contributed by atoms with Crippen LogP contribution < -0.4 is 4.74 Å². The molecular weight excluding hydrogens is 216 g/mol. The monoisotopic (exact) mass is 224 g/mol. The first-order valence-corrected chi connectivity index (χ1v) is 5.23. The third-order valence-electron chi connectivity index (χ3n) is 2.60. The average molecular weight is 225 g/mol. The molecule has 5 nitrogen and oxygen atoms in total. The van der Waals surface area contributed by atoms with Crippen LogP contribution in [0.2, 0.25) is 5.28 Å². The zero-order valence-corrected chi connectivity index (χ0v) is 8.68. The summed E-state index contributed by atoms with van der Waals surface area (Å²) < 4.78 is 7.34. The van der Waals surface area contributed by atoms with Crippen LogP contribution in [0.1, 0.15) is 19.3 Å². The van der Waals surface area contributed by atoms with Crippen molar-refractivity contribution in [3.05, 3.63) is 17.8 Å². The van der Waals surface area contributed by atoms with Crippen LogP contribution in [0.3, 0.4) is 0 Å². The highest BCUT2D eigenvalue weighted by atomic mass is 35.5. The number of fused-ring (bicyclic) bond motifs is 1. The van der Waals surface area contributed by atoms with Crippen molar-refractivity contribution in [1.29, 1.82) is 0 Å². The Morgan fingerprint density at radius 3 is 3.07 bits per heavy atom. The van der Waals surface area contributed by atoms with Crippen molar-refractivity contribution in [2.75, 3.05) is 0 Å². The van der Waals surface area contributed by atoms with Crippen LogP contribution in [0.25, 0.3) is 5.65 Å². The van der Waals surface area contributed by atoms with Gasteiger partial charge >= 0.3 is 0 Å². The molecule has 6 heteroatoms. The van der Waals surface area contributed by atoms with Gasteiger partial charge in [-0.05, 0) is 30.9 Å². The molecule has 0 bridgehead atoms. The molecule has 0 spiro atoms. The molecule has 0 N–H and O–H groups in total. The standard InChI is InChI=1S/C9H9ClN4O/c10-9-11-4-7(15-6-2-1-3-6)8-13-12-5-14(8)9/h4-6H,1-3H2. The first kappa shape index (κ1) is 8.91. The van der Waals surface area contributed by atoms with Gasteiger partial charge in [0.25, 0.3) is 0 Å². The lowest BCUT2D eigenvalue weighted by Crippen LogP contribution is -2.24. The van der Waals surface area contributed by atoms with Gasteiger partial charge in [-0.3, -0.25) is 4.40 Å². The summed E-state index contributed by atoms with van der Waals surface area (Å²) in [5.41, 5.74) is 0.627. The summed E-state index contributed by atoms with van der Waals surface area (Å²) in [7, 11) is 0. The second-order valence-electron chi connectivity index (χ2n) is 3.59. The van der Waals surface area contributed by atoms with Gasteiger partial charge in [-0.1, -0.05) is 0 Å². The molecule has 1 aliphatic rings. The minimum Gasteiger partial charge on any atom is -0.485 e. The molecule has 0 atom stereocenters. The number of rotatable bonds is 2. The predicted octanol–water partition coefficient (Wildman–Crippen LogP) is 1.71. The lowest BCUT2D eigenvalue weighted by Gasteiger charge is -2.26. The Balaban J connectivity index is 2.02. The normalized spacial score (nSPS) is 16.6. The molecule has 1 saturated carbocycles. The maximum Gasteiger partial charge on any atom is 0.210 e. The van der Waals surface area contributed by atoms with Crippen molar-refractivity contribution in [2.24, 2.45) is 0 Å². The summed E-state index contributed by atoms with van der Waals surface area (Å²) in [5, 5.41) is 8.08. The first-order chi connectivity index (χ1) is 7.34. The van der Waals surface area contributed by atoms with Crippen molar-refractivity contribution in [3.8, 4) is 5.75 Å². The molecule has 0 unspecified atom stereocenters. The molecule has 1 aliphatic carbocycles. The van der Waals surface area contributed by atoms with Crippen molar-refractivity contribution < 1.29 is 4.74 Å².